The number of para-hydroxylation sites is 1. The predicted molar refractivity (Wildman–Crippen MR) is 81.1 cm³/mol. The summed E-state index contributed by atoms with van der Waals surface area (Å²) >= 11 is 0. The van der Waals surface area contributed by atoms with Gasteiger partial charge in [0.1, 0.15) is 18.2 Å². The van der Waals surface area contributed by atoms with Crippen LogP contribution < -0.4 is 10.1 Å². The van der Waals surface area contributed by atoms with Gasteiger partial charge in [0.15, 0.2) is 0 Å². The molecule has 2 aromatic rings. The zero-order valence-electron chi connectivity index (χ0n) is 12.3. The van der Waals surface area contributed by atoms with Gasteiger partial charge in [-0.25, -0.2) is 4.98 Å². The number of hydrogen-bond donors (Lipinski definition) is 1. The first kappa shape index (κ1) is 14.3. The largest absolute Gasteiger partial charge is 0.487 e. The lowest BCUT2D eigenvalue weighted by atomic mass is 10.1. The molecule has 0 bridgehead atoms. The maximum absolute atomic E-state index is 5.85. The fraction of sp³-hybridized carbons (Fsp3) is 0.375. The molecule has 0 fully saturated rings. The minimum Gasteiger partial charge on any atom is -0.487 e. The highest BCUT2D eigenvalue weighted by atomic mass is 16.5. The van der Waals surface area contributed by atoms with Crippen LogP contribution in [-0.2, 0) is 6.61 Å². The van der Waals surface area contributed by atoms with Crippen molar-refractivity contribution >= 4 is 5.82 Å². The fourth-order valence-corrected chi connectivity index (χ4v) is 1.95. The zero-order valence-corrected chi connectivity index (χ0v) is 12.3. The molecule has 0 aliphatic carbocycles. The third-order valence-electron chi connectivity index (χ3n) is 3.03. The van der Waals surface area contributed by atoms with Crippen LogP contribution in [0.25, 0.3) is 0 Å². The van der Waals surface area contributed by atoms with Crippen LogP contribution in [0.3, 0.4) is 0 Å². The van der Waals surface area contributed by atoms with Gasteiger partial charge in [-0.2, -0.15) is 0 Å². The molecule has 0 atom stereocenters. The second-order valence-corrected chi connectivity index (χ2v) is 4.83. The standard InChI is InChI=1S/C16H21N3O/c1-4-8-17-15-10-18-14(9-19-15)11-20-16-12(2)6-5-7-13(16)3/h5-7,9-10H,4,8,11H2,1-3H3,(H,17,19). The number of nitrogens with zero attached hydrogens (tertiary/aromatic N) is 2. The first-order valence-corrected chi connectivity index (χ1v) is 6.94. The van der Waals surface area contributed by atoms with Crippen molar-refractivity contribution in [1.82, 2.24) is 9.97 Å². The summed E-state index contributed by atoms with van der Waals surface area (Å²) < 4.78 is 5.85. The van der Waals surface area contributed by atoms with E-state index >= 15 is 0 Å². The van der Waals surface area contributed by atoms with Crippen LogP contribution in [0.5, 0.6) is 5.75 Å². The number of anilines is 1. The van der Waals surface area contributed by atoms with Crippen LogP contribution in [0.15, 0.2) is 30.6 Å². The molecule has 0 aliphatic rings. The van der Waals surface area contributed by atoms with E-state index in [1.54, 1.807) is 12.4 Å². The van der Waals surface area contributed by atoms with Crippen molar-refractivity contribution in [3.8, 4) is 5.75 Å². The SMILES string of the molecule is CCCNc1cnc(COc2c(C)cccc2C)cn1. The first-order valence-electron chi connectivity index (χ1n) is 6.94. The van der Waals surface area contributed by atoms with Crippen LogP contribution in [0, 0.1) is 13.8 Å². The van der Waals surface area contributed by atoms with E-state index in [9.17, 15) is 0 Å². The Morgan fingerprint density at radius 1 is 1.10 bits per heavy atom. The van der Waals surface area contributed by atoms with Crippen molar-refractivity contribution in [2.24, 2.45) is 0 Å². The summed E-state index contributed by atoms with van der Waals surface area (Å²) in [4.78, 5) is 8.68. The summed E-state index contributed by atoms with van der Waals surface area (Å²) in [5.74, 6) is 1.74. The summed E-state index contributed by atoms with van der Waals surface area (Å²) in [6.45, 7) is 7.56. The molecule has 0 saturated carbocycles. The molecule has 1 N–H and O–H groups in total. The Balaban J connectivity index is 1.97. The van der Waals surface area contributed by atoms with Crippen molar-refractivity contribution in [3.05, 3.63) is 47.4 Å². The molecule has 0 spiro atoms. The molecule has 20 heavy (non-hydrogen) atoms. The quantitative estimate of drug-likeness (QED) is 0.873. The zero-order chi connectivity index (χ0) is 14.4. The van der Waals surface area contributed by atoms with Gasteiger partial charge in [-0.05, 0) is 31.4 Å². The Labute approximate surface area is 120 Å². The molecular formula is C16H21N3O. The van der Waals surface area contributed by atoms with E-state index in [0.29, 0.717) is 6.61 Å². The summed E-state index contributed by atoms with van der Waals surface area (Å²) in [5.41, 5.74) is 3.10. The van der Waals surface area contributed by atoms with E-state index in [2.05, 4.69) is 22.2 Å². The highest BCUT2D eigenvalue weighted by Gasteiger charge is 2.04. The molecule has 0 aliphatic heterocycles. The molecule has 0 unspecified atom stereocenters. The molecule has 1 aromatic carbocycles. The topological polar surface area (TPSA) is 47.0 Å². The molecule has 4 nitrogen and oxygen atoms in total. The second-order valence-electron chi connectivity index (χ2n) is 4.83. The molecule has 4 heteroatoms. The third kappa shape index (κ3) is 3.70. The van der Waals surface area contributed by atoms with Crippen LogP contribution >= 0.6 is 0 Å². The van der Waals surface area contributed by atoms with E-state index < -0.39 is 0 Å². The van der Waals surface area contributed by atoms with Crippen LogP contribution in [0.4, 0.5) is 5.82 Å². The Hall–Kier alpha value is -2.10. The minimum absolute atomic E-state index is 0.437. The molecule has 1 heterocycles. The highest BCUT2D eigenvalue weighted by Crippen LogP contribution is 2.23. The monoisotopic (exact) mass is 271 g/mol. The van der Waals surface area contributed by atoms with Gasteiger partial charge in [0.05, 0.1) is 18.1 Å². The van der Waals surface area contributed by atoms with Crippen LogP contribution in [0.1, 0.15) is 30.2 Å². The van der Waals surface area contributed by atoms with Gasteiger partial charge in [0, 0.05) is 6.54 Å². The molecule has 0 saturated heterocycles. The van der Waals surface area contributed by atoms with E-state index in [-0.39, 0.29) is 0 Å². The lowest BCUT2D eigenvalue weighted by Crippen LogP contribution is -2.05. The van der Waals surface area contributed by atoms with Crippen molar-refractivity contribution in [1.29, 1.82) is 0 Å². The summed E-state index contributed by atoms with van der Waals surface area (Å²) in [6, 6.07) is 6.13. The molecule has 0 radical (unpaired) electrons. The number of benzene rings is 1. The number of hydrogen-bond acceptors (Lipinski definition) is 4. The molecule has 1 aromatic heterocycles. The number of rotatable bonds is 6. The number of aryl methyl sites for hydroxylation is 2. The Bertz CT molecular complexity index is 532. The summed E-state index contributed by atoms with van der Waals surface area (Å²) in [6.07, 6.45) is 4.57. The van der Waals surface area contributed by atoms with Crippen LogP contribution in [-0.4, -0.2) is 16.5 Å². The average molecular weight is 271 g/mol. The molecule has 2 rings (SSSR count). The number of aromatic nitrogens is 2. The third-order valence-corrected chi connectivity index (χ3v) is 3.03. The van der Waals surface area contributed by atoms with E-state index in [1.165, 1.54) is 0 Å². The molecule has 0 amide bonds. The normalized spacial score (nSPS) is 10.3. The minimum atomic E-state index is 0.437. The molecular weight excluding hydrogens is 250 g/mol. The average Bonchev–Trinajstić information content (AvgIpc) is 2.46. The maximum Gasteiger partial charge on any atom is 0.144 e. The number of nitrogens with one attached hydrogen (secondary N) is 1. The van der Waals surface area contributed by atoms with Gasteiger partial charge in [-0.3, -0.25) is 4.98 Å². The predicted octanol–water partition coefficient (Wildman–Crippen LogP) is 3.49. The van der Waals surface area contributed by atoms with E-state index in [1.807, 2.05) is 32.0 Å². The van der Waals surface area contributed by atoms with Gasteiger partial charge in [-0.15, -0.1) is 0 Å². The van der Waals surface area contributed by atoms with Crippen LogP contribution in [0.2, 0.25) is 0 Å². The second kappa shape index (κ2) is 6.89. The van der Waals surface area contributed by atoms with Crippen molar-refractivity contribution in [2.75, 3.05) is 11.9 Å². The van der Waals surface area contributed by atoms with Crippen molar-refractivity contribution in [3.63, 3.8) is 0 Å². The fourth-order valence-electron chi connectivity index (χ4n) is 1.95. The number of ether oxygens (including phenoxy) is 1. The van der Waals surface area contributed by atoms with Gasteiger partial charge in [0.2, 0.25) is 0 Å². The maximum atomic E-state index is 5.85. The summed E-state index contributed by atoms with van der Waals surface area (Å²) in [7, 11) is 0. The Kier molecular flexibility index (Phi) is 4.93. The Morgan fingerprint density at radius 3 is 2.45 bits per heavy atom. The summed E-state index contributed by atoms with van der Waals surface area (Å²) in [5, 5.41) is 3.20. The van der Waals surface area contributed by atoms with Crippen molar-refractivity contribution in [2.45, 2.75) is 33.8 Å². The van der Waals surface area contributed by atoms with E-state index in [4.69, 9.17) is 4.74 Å². The van der Waals surface area contributed by atoms with Gasteiger partial charge in [-0.1, -0.05) is 25.1 Å². The smallest absolute Gasteiger partial charge is 0.144 e. The first-order chi connectivity index (χ1) is 9.70. The highest BCUT2D eigenvalue weighted by molar-refractivity contribution is 5.39. The van der Waals surface area contributed by atoms with Gasteiger partial charge in [0.25, 0.3) is 0 Å². The lowest BCUT2D eigenvalue weighted by molar-refractivity contribution is 0.296. The van der Waals surface area contributed by atoms with E-state index in [0.717, 1.165) is 41.4 Å². The van der Waals surface area contributed by atoms with Crippen molar-refractivity contribution < 1.29 is 4.74 Å². The van der Waals surface area contributed by atoms with Gasteiger partial charge < -0.3 is 10.1 Å². The molecule has 106 valence electrons. The lowest BCUT2D eigenvalue weighted by Gasteiger charge is -2.11. The Morgan fingerprint density at radius 2 is 1.85 bits per heavy atom. The van der Waals surface area contributed by atoms with Gasteiger partial charge >= 0.3 is 0 Å².